The Morgan fingerprint density at radius 3 is 2.30 bits per heavy atom. The van der Waals surface area contributed by atoms with Crippen LogP contribution in [-0.4, -0.2) is 49.7 Å². The number of rotatable bonds is 4. The lowest BCUT2D eigenvalue weighted by molar-refractivity contribution is -0.136. The van der Waals surface area contributed by atoms with Crippen molar-refractivity contribution in [2.45, 2.75) is 25.3 Å². The normalized spacial score (nSPS) is 16.3. The number of amides is 2. The van der Waals surface area contributed by atoms with Gasteiger partial charge in [0.1, 0.15) is 6.04 Å². The predicted octanol–water partition coefficient (Wildman–Crippen LogP) is 1.68. The quantitative estimate of drug-likeness (QED) is 0.410. The van der Waals surface area contributed by atoms with Crippen LogP contribution in [0.5, 0.6) is 23.0 Å². The Balaban J connectivity index is 1.68. The number of hydrogen-bond donors (Lipinski definition) is 5. The third-order valence-corrected chi connectivity index (χ3v) is 4.51. The SMILES string of the molecule is O=C(Nc1ccc(O)c(O)c1)[C@@H]1CCCN1C(=O)Cc1ccc(O)c(O)c1. The fourth-order valence-electron chi connectivity index (χ4n) is 3.12. The Kier molecular flexibility index (Phi) is 5.07. The van der Waals surface area contributed by atoms with Gasteiger partial charge in [-0.15, -0.1) is 0 Å². The average molecular weight is 372 g/mol. The topological polar surface area (TPSA) is 130 Å². The summed E-state index contributed by atoms with van der Waals surface area (Å²) in [5.41, 5.74) is 0.850. The molecule has 0 saturated carbocycles. The molecule has 2 aromatic carbocycles. The van der Waals surface area contributed by atoms with Gasteiger partial charge in [-0.05, 0) is 42.7 Å². The third-order valence-electron chi connectivity index (χ3n) is 4.51. The van der Waals surface area contributed by atoms with Crippen LogP contribution in [0.4, 0.5) is 5.69 Å². The number of carbonyl (C=O) groups excluding carboxylic acids is 2. The van der Waals surface area contributed by atoms with E-state index < -0.39 is 6.04 Å². The second kappa shape index (κ2) is 7.45. The monoisotopic (exact) mass is 372 g/mol. The molecule has 0 bridgehead atoms. The van der Waals surface area contributed by atoms with Crippen LogP contribution in [0.25, 0.3) is 0 Å². The molecule has 0 aromatic heterocycles. The van der Waals surface area contributed by atoms with Crippen molar-refractivity contribution < 1.29 is 30.0 Å². The van der Waals surface area contributed by atoms with Crippen LogP contribution in [0.2, 0.25) is 0 Å². The summed E-state index contributed by atoms with van der Waals surface area (Å²) in [5, 5.41) is 40.4. The maximum Gasteiger partial charge on any atom is 0.247 e. The molecule has 0 radical (unpaired) electrons. The van der Waals surface area contributed by atoms with Gasteiger partial charge in [0.25, 0.3) is 0 Å². The lowest BCUT2D eigenvalue weighted by Gasteiger charge is -2.24. The van der Waals surface area contributed by atoms with E-state index in [1.165, 1.54) is 41.3 Å². The van der Waals surface area contributed by atoms with Crippen molar-refractivity contribution in [3.8, 4) is 23.0 Å². The first-order valence-corrected chi connectivity index (χ1v) is 8.48. The minimum absolute atomic E-state index is 0.00236. The molecule has 8 heteroatoms. The smallest absolute Gasteiger partial charge is 0.247 e. The molecule has 0 aliphatic carbocycles. The van der Waals surface area contributed by atoms with Crippen molar-refractivity contribution in [2.75, 3.05) is 11.9 Å². The maximum atomic E-state index is 12.6. The van der Waals surface area contributed by atoms with Gasteiger partial charge < -0.3 is 30.6 Å². The van der Waals surface area contributed by atoms with E-state index in [1.807, 2.05) is 0 Å². The zero-order chi connectivity index (χ0) is 19.6. The van der Waals surface area contributed by atoms with E-state index in [0.29, 0.717) is 30.6 Å². The summed E-state index contributed by atoms with van der Waals surface area (Å²) in [6.45, 7) is 0.446. The predicted molar refractivity (Wildman–Crippen MR) is 96.6 cm³/mol. The van der Waals surface area contributed by atoms with Crippen LogP contribution < -0.4 is 5.32 Å². The fourth-order valence-corrected chi connectivity index (χ4v) is 3.12. The van der Waals surface area contributed by atoms with E-state index in [-0.39, 0.29) is 41.2 Å². The highest BCUT2D eigenvalue weighted by Gasteiger charge is 2.34. The molecule has 1 atom stereocenters. The fraction of sp³-hybridized carbons (Fsp3) is 0.263. The molecule has 1 heterocycles. The van der Waals surface area contributed by atoms with Crippen molar-refractivity contribution in [1.82, 2.24) is 4.90 Å². The largest absolute Gasteiger partial charge is 0.504 e. The van der Waals surface area contributed by atoms with Gasteiger partial charge in [0, 0.05) is 18.3 Å². The van der Waals surface area contributed by atoms with Crippen LogP contribution >= 0.6 is 0 Å². The molecule has 1 fully saturated rings. The third kappa shape index (κ3) is 4.05. The number of hydrogen-bond acceptors (Lipinski definition) is 6. The van der Waals surface area contributed by atoms with Gasteiger partial charge in [0.15, 0.2) is 23.0 Å². The molecule has 5 N–H and O–H groups in total. The van der Waals surface area contributed by atoms with E-state index in [2.05, 4.69) is 5.32 Å². The molecule has 3 rings (SSSR count). The minimum atomic E-state index is -0.640. The molecular weight excluding hydrogens is 352 g/mol. The first-order valence-electron chi connectivity index (χ1n) is 8.48. The molecule has 2 aromatic rings. The average Bonchev–Trinajstić information content (AvgIpc) is 3.11. The summed E-state index contributed by atoms with van der Waals surface area (Å²) in [7, 11) is 0. The Morgan fingerprint density at radius 1 is 0.963 bits per heavy atom. The molecule has 8 nitrogen and oxygen atoms in total. The highest BCUT2D eigenvalue weighted by molar-refractivity contribution is 5.98. The van der Waals surface area contributed by atoms with Crippen molar-refractivity contribution in [3.63, 3.8) is 0 Å². The van der Waals surface area contributed by atoms with Crippen molar-refractivity contribution in [2.24, 2.45) is 0 Å². The number of benzene rings is 2. The Hall–Kier alpha value is -3.42. The van der Waals surface area contributed by atoms with Crippen LogP contribution in [0.3, 0.4) is 0 Å². The summed E-state index contributed by atoms with van der Waals surface area (Å²) in [6, 6.07) is 7.47. The summed E-state index contributed by atoms with van der Waals surface area (Å²) in [5.74, 6) is -1.84. The summed E-state index contributed by atoms with van der Waals surface area (Å²) < 4.78 is 0. The lowest BCUT2D eigenvalue weighted by atomic mass is 10.1. The molecule has 27 heavy (non-hydrogen) atoms. The van der Waals surface area contributed by atoms with Crippen LogP contribution in [0, 0.1) is 0 Å². The van der Waals surface area contributed by atoms with Gasteiger partial charge >= 0.3 is 0 Å². The number of phenolic OH excluding ortho intramolecular Hbond substituents is 4. The number of aromatic hydroxyl groups is 4. The van der Waals surface area contributed by atoms with Gasteiger partial charge in [0.2, 0.25) is 11.8 Å². The first kappa shape index (κ1) is 18.4. The number of carbonyl (C=O) groups is 2. The molecular formula is C19H20N2O6. The van der Waals surface area contributed by atoms with Crippen molar-refractivity contribution in [1.29, 1.82) is 0 Å². The number of anilines is 1. The van der Waals surface area contributed by atoms with Gasteiger partial charge in [-0.1, -0.05) is 6.07 Å². The standard InChI is InChI=1S/C19H20N2O6/c22-14-5-3-11(8-16(14)24)9-18(26)21-7-1-2-13(21)19(27)20-12-4-6-15(23)17(25)10-12/h3-6,8,10,13,22-25H,1-2,7,9H2,(H,20,27)/t13-/m0/s1. The molecule has 0 spiro atoms. The van der Waals surface area contributed by atoms with Crippen LogP contribution in [0.15, 0.2) is 36.4 Å². The minimum Gasteiger partial charge on any atom is -0.504 e. The number of nitrogens with zero attached hydrogens (tertiary/aromatic N) is 1. The van der Waals surface area contributed by atoms with E-state index in [1.54, 1.807) is 0 Å². The Morgan fingerprint density at radius 2 is 1.63 bits per heavy atom. The lowest BCUT2D eigenvalue weighted by Crippen LogP contribution is -2.43. The zero-order valence-electron chi connectivity index (χ0n) is 14.4. The van der Waals surface area contributed by atoms with E-state index in [9.17, 15) is 30.0 Å². The summed E-state index contributed by atoms with van der Waals surface area (Å²) >= 11 is 0. The second-order valence-electron chi connectivity index (χ2n) is 6.44. The Bertz CT molecular complexity index is 811. The van der Waals surface area contributed by atoms with Crippen LogP contribution in [0.1, 0.15) is 18.4 Å². The van der Waals surface area contributed by atoms with Crippen molar-refractivity contribution in [3.05, 3.63) is 42.0 Å². The van der Waals surface area contributed by atoms with Crippen molar-refractivity contribution >= 4 is 17.5 Å². The number of phenols is 4. The van der Waals surface area contributed by atoms with E-state index in [4.69, 9.17) is 0 Å². The summed E-state index contributed by atoms with van der Waals surface area (Å²) in [4.78, 5) is 26.6. The van der Waals surface area contributed by atoms with Crippen LogP contribution in [-0.2, 0) is 16.0 Å². The molecule has 1 aliphatic rings. The highest BCUT2D eigenvalue weighted by atomic mass is 16.3. The first-order chi connectivity index (χ1) is 12.8. The van der Waals surface area contributed by atoms with E-state index in [0.717, 1.165) is 0 Å². The molecule has 142 valence electrons. The Labute approximate surface area is 155 Å². The molecule has 0 unspecified atom stereocenters. The highest BCUT2D eigenvalue weighted by Crippen LogP contribution is 2.29. The van der Waals surface area contributed by atoms with Gasteiger partial charge in [0.05, 0.1) is 6.42 Å². The molecule has 1 aliphatic heterocycles. The summed E-state index contributed by atoms with van der Waals surface area (Å²) in [6.07, 6.45) is 1.20. The zero-order valence-corrected chi connectivity index (χ0v) is 14.4. The molecule has 1 saturated heterocycles. The van der Waals surface area contributed by atoms with Gasteiger partial charge in [-0.3, -0.25) is 9.59 Å². The second-order valence-corrected chi connectivity index (χ2v) is 6.44. The molecule has 2 amide bonds. The van der Waals surface area contributed by atoms with Gasteiger partial charge in [-0.2, -0.15) is 0 Å². The van der Waals surface area contributed by atoms with Gasteiger partial charge in [-0.25, -0.2) is 0 Å². The number of likely N-dealkylation sites (tertiary alicyclic amines) is 1. The number of nitrogens with one attached hydrogen (secondary N) is 1. The maximum absolute atomic E-state index is 12.6. The van der Waals surface area contributed by atoms with E-state index >= 15 is 0 Å².